The van der Waals surface area contributed by atoms with Crippen molar-refractivity contribution in [1.29, 1.82) is 0 Å². The Morgan fingerprint density at radius 2 is 2.40 bits per heavy atom. The number of nitrogens with one attached hydrogen (secondary N) is 2. The summed E-state index contributed by atoms with van der Waals surface area (Å²) in [5, 5.41) is 6.39. The highest BCUT2D eigenvalue weighted by atomic mass is 16.5. The van der Waals surface area contributed by atoms with E-state index in [-0.39, 0.29) is 11.9 Å². The number of carbonyl (C=O) groups is 1. The monoisotopic (exact) mass is 276 g/mol. The third-order valence-electron chi connectivity index (χ3n) is 3.91. The van der Waals surface area contributed by atoms with Crippen molar-refractivity contribution in [3.63, 3.8) is 0 Å². The first-order chi connectivity index (χ1) is 9.69. The molecule has 0 aromatic heterocycles. The third-order valence-corrected chi connectivity index (χ3v) is 3.91. The van der Waals surface area contributed by atoms with Crippen LogP contribution in [0.4, 0.5) is 0 Å². The minimum absolute atomic E-state index is 0.0132. The lowest BCUT2D eigenvalue weighted by atomic mass is 10.0. The number of ether oxygens (including phenoxy) is 1. The van der Waals surface area contributed by atoms with Crippen molar-refractivity contribution in [2.75, 3.05) is 20.2 Å². The van der Waals surface area contributed by atoms with Crippen LogP contribution in [0.5, 0.6) is 5.75 Å². The number of carbonyl (C=O) groups excluding carboxylic acids is 1. The quantitative estimate of drug-likeness (QED) is 0.838. The summed E-state index contributed by atoms with van der Waals surface area (Å²) < 4.78 is 5.21. The number of hydrogen-bond acceptors (Lipinski definition) is 3. The maximum absolute atomic E-state index is 12.0. The molecular formula is C16H24N2O2. The Labute approximate surface area is 120 Å². The molecule has 20 heavy (non-hydrogen) atoms. The van der Waals surface area contributed by atoms with Gasteiger partial charge in [0.1, 0.15) is 5.75 Å². The van der Waals surface area contributed by atoms with Crippen molar-refractivity contribution in [3.8, 4) is 5.75 Å². The molecule has 1 unspecified atom stereocenters. The number of methoxy groups -OCH3 is 1. The second kappa shape index (κ2) is 7.29. The van der Waals surface area contributed by atoms with Gasteiger partial charge in [-0.25, -0.2) is 0 Å². The van der Waals surface area contributed by atoms with E-state index >= 15 is 0 Å². The SMILES string of the molecule is COc1cccc([C@@H](C)NC(=O)CCC2CCNC2)c1. The molecule has 0 radical (unpaired) electrons. The van der Waals surface area contributed by atoms with Gasteiger partial charge in [0.05, 0.1) is 13.2 Å². The van der Waals surface area contributed by atoms with Gasteiger partial charge in [0.25, 0.3) is 0 Å². The molecule has 1 saturated heterocycles. The van der Waals surface area contributed by atoms with Crippen LogP contribution in [0.2, 0.25) is 0 Å². The second-order valence-electron chi connectivity index (χ2n) is 5.46. The molecule has 1 heterocycles. The average Bonchev–Trinajstić information content (AvgIpc) is 2.98. The first kappa shape index (κ1) is 14.9. The van der Waals surface area contributed by atoms with Crippen LogP contribution in [-0.2, 0) is 4.79 Å². The average molecular weight is 276 g/mol. The summed E-state index contributed by atoms with van der Waals surface area (Å²) in [6.45, 7) is 4.15. The van der Waals surface area contributed by atoms with E-state index in [0.717, 1.165) is 30.8 Å². The fraction of sp³-hybridized carbons (Fsp3) is 0.562. The summed E-state index contributed by atoms with van der Waals surface area (Å²) in [5.74, 6) is 1.61. The number of hydrogen-bond donors (Lipinski definition) is 2. The second-order valence-corrected chi connectivity index (χ2v) is 5.46. The van der Waals surface area contributed by atoms with Gasteiger partial charge in [0, 0.05) is 6.42 Å². The van der Waals surface area contributed by atoms with Crippen molar-refractivity contribution in [2.45, 2.75) is 32.2 Å². The third kappa shape index (κ3) is 4.23. The Kier molecular flexibility index (Phi) is 5.41. The number of rotatable bonds is 6. The smallest absolute Gasteiger partial charge is 0.220 e. The molecule has 110 valence electrons. The molecule has 1 aromatic rings. The van der Waals surface area contributed by atoms with Gasteiger partial charge in [-0.1, -0.05) is 12.1 Å². The minimum atomic E-state index is 0.0132. The molecule has 1 aliphatic rings. The molecular weight excluding hydrogens is 252 g/mol. The van der Waals surface area contributed by atoms with E-state index in [0.29, 0.717) is 12.3 Å². The Bertz CT molecular complexity index is 442. The topological polar surface area (TPSA) is 50.4 Å². The molecule has 1 aliphatic heterocycles. The van der Waals surface area contributed by atoms with Crippen LogP contribution in [0.3, 0.4) is 0 Å². The molecule has 1 amide bonds. The van der Waals surface area contributed by atoms with Crippen LogP contribution < -0.4 is 15.4 Å². The molecule has 0 bridgehead atoms. The van der Waals surface area contributed by atoms with Gasteiger partial charge < -0.3 is 15.4 Å². The lowest BCUT2D eigenvalue weighted by Crippen LogP contribution is -2.27. The summed E-state index contributed by atoms with van der Waals surface area (Å²) in [7, 11) is 1.65. The highest BCUT2D eigenvalue weighted by Crippen LogP contribution is 2.19. The number of amides is 1. The zero-order valence-electron chi connectivity index (χ0n) is 12.3. The summed E-state index contributed by atoms with van der Waals surface area (Å²) in [6.07, 6.45) is 2.78. The van der Waals surface area contributed by atoms with Gasteiger partial charge in [0.2, 0.25) is 5.91 Å². The predicted octanol–water partition coefficient (Wildman–Crippen LogP) is 2.26. The lowest BCUT2D eigenvalue weighted by molar-refractivity contribution is -0.122. The fourth-order valence-electron chi connectivity index (χ4n) is 2.60. The zero-order valence-corrected chi connectivity index (χ0v) is 12.3. The van der Waals surface area contributed by atoms with Gasteiger partial charge in [-0.15, -0.1) is 0 Å². The molecule has 2 atom stereocenters. The van der Waals surface area contributed by atoms with Gasteiger partial charge >= 0.3 is 0 Å². The maximum Gasteiger partial charge on any atom is 0.220 e. The first-order valence-corrected chi connectivity index (χ1v) is 7.33. The molecule has 0 saturated carbocycles. The van der Waals surface area contributed by atoms with Crippen LogP contribution in [-0.4, -0.2) is 26.1 Å². The van der Waals surface area contributed by atoms with Crippen molar-refractivity contribution < 1.29 is 9.53 Å². The molecule has 1 aromatic carbocycles. The van der Waals surface area contributed by atoms with Crippen molar-refractivity contribution in [2.24, 2.45) is 5.92 Å². The normalized spacial score (nSPS) is 19.6. The summed E-state index contributed by atoms with van der Waals surface area (Å²) >= 11 is 0. The van der Waals surface area contributed by atoms with E-state index in [9.17, 15) is 4.79 Å². The van der Waals surface area contributed by atoms with Crippen molar-refractivity contribution in [1.82, 2.24) is 10.6 Å². The van der Waals surface area contributed by atoms with E-state index in [2.05, 4.69) is 10.6 Å². The molecule has 2 rings (SSSR count). The first-order valence-electron chi connectivity index (χ1n) is 7.33. The van der Waals surface area contributed by atoms with E-state index in [1.807, 2.05) is 31.2 Å². The highest BCUT2D eigenvalue weighted by Gasteiger charge is 2.16. The maximum atomic E-state index is 12.0. The fourth-order valence-corrected chi connectivity index (χ4v) is 2.60. The molecule has 1 fully saturated rings. The standard InChI is InChI=1S/C16H24N2O2/c1-12(14-4-3-5-15(10-14)20-2)18-16(19)7-6-13-8-9-17-11-13/h3-5,10,12-13,17H,6-9,11H2,1-2H3,(H,18,19)/t12-,13?/m1/s1. The molecule has 2 N–H and O–H groups in total. The van der Waals surface area contributed by atoms with E-state index in [4.69, 9.17) is 4.74 Å². The van der Waals surface area contributed by atoms with Gasteiger partial charge in [-0.3, -0.25) is 4.79 Å². The Morgan fingerprint density at radius 3 is 3.10 bits per heavy atom. The van der Waals surface area contributed by atoms with Gasteiger partial charge in [-0.2, -0.15) is 0 Å². The van der Waals surface area contributed by atoms with Crippen LogP contribution in [0.15, 0.2) is 24.3 Å². The van der Waals surface area contributed by atoms with E-state index < -0.39 is 0 Å². The summed E-state index contributed by atoms with van der Waals surface area (Å²) in [5.41, 5.74) is 1.07. The van der Waals surface area contributed by atoms with Crippen LogP contribution >= 0.6 is 0 Å². The number of benzene rings is 1. The van der Waals surface area contributed by atoms with Crippen molar-refractivity contribution >= 4 is 5.91 Å². The van der Waals surface area contributed by atoms with E-state index in [1.165, 1.54) is 6.42 Å². The van der Waals surface area contributed by atoms with Crippen LogP contribution in [0.25, 0.3) is 0 Å². The summed E-state index contributed by atoms with van der Waals surface area (Å²) in [6, 6.07) is 7.84. The highest BCUT2D eigenvalue weighted by molar-refractivity contribution is 5.76. The molecule has 4 nitrogen and oxygen atoms in total. The van der Waals surface area contributed by atoms with Crippen LogP contribution in [0.1, 0.15) is 37.8 Å². The zero-order chi connectivity index (χ0) is 14.4. The van der Waals surface area contributed by atoms with Crippen LogP contribution in [0, 0.1) is 5.92 Å². The van der Waals surface area contributed by atoms with E-state index in [1.54, 1.807) is 7.11 Å². The summed E-state index contributed by atoms with van der Waals surface area (Å²) in [4.78, 5) is 12.0. The Hall–Kier alpha value is -1.55. The molecule has 4 heteroatoms. The largest absolute Gasteiger partial charge is 0.497 e. The Morgan fingerprint density at radius 1 is 1.55 bits per heavy atom. The van der Waals surface area contributed by atoms with Gasteiger partial charge in [-0.05, 0) is 56.5 Å². The van der Waals surface area contributed by atoms with Crippen molar-refractivity contribution in [3.05, 3.63) is 29.8 Å². The Balaban J connectivity index is 1.80. The molecule has 0 aliphatic carbocycles. The molecule has 0 spiro atoms. The minimum Gasteiger partial charge on any atom is -0.497 e. The van der Waals surface area contributed by atoms with Gasteiger partial charge in [0.15, 0.2) is 0 Å². The lowest BCUT2D eigenvalue weighted by Gasteiger charge is -2.16. The predicted molar refractivity (Wildman–Crippen MR) is 79.8 cm³/mol.